The molecule has 0 saturated heterocycles. The van der Waals surface area contributed by atoms with Gasteiger partial charge in [0.05, 0.1) is 17.9 Å². The second-order valence-electron chi connectivity index (χ2n) is 5.30. The Morgan fingerprint density at radius 2 is 1.95 bits per heavy atom. The number of benzene rings is 1. The summed E-state index contributed by atoms with van der Waals surface area (Å²) in [5.74, 6) is 0.266. The fourth-order valence-electron chi connectivity index (χ4n) is 2.19. The Bertz CT molecular complexity index is 574. The van der Waals surface area contributed by atoms with Gasteiger partial charge in [0.25, 0.3) is 0 Å². The van der Waals surface area contributed by atoms with Crippen molar-refractivity contribution in [2.24, 2.45) is 11.3 Å². The smallest absolute Gasteiger partial charge is 0.374 e. The molecule has 1 aromatic rings. The minimum absolute atomic E-state index is 0.163. The fourth-order valence-corrected chi connectivity index (χ4v) is 2.19. The molecule has 0 bridgehead atoms. The normalized spacial score (nSPS) is 24.0. The Kier molecular flexibility index (Phi) is 3.86. The zero-order valence-corrected chi connectivity index (χ0v) is 11.4. The summed E-state index contributed by atoms with van der Waals surface area (Å²) >= 11 is 0. The van der Waals surface area contributed by atoms with Crippen molar-refractivity contribution in [2.45, 2.75) is 19.5 Å². The van der Waals surface area contributed by atoms with E-state index in [4.69, 9.17) is 6.42 Å². The van der Waals surface area contributed by atoms with Crippen LogP contribution in [0.1, 0.15) is 13.3 Å². The number of rotatable bonds is 4. The Morgan fingerprint density at radius 3 is 2.43 bits per heavy atom. The van der Waals surface area contributed by atoms with Gasteiger partial charge in [-0.15, -0.1) is 6.42 Å². The first-order chi connectivity index (χ1) is 9.77. The Hall–Kier alpha value is -2.16. The molecule has 1 aromatic carbocycles. The van der Waals surface area contributed by atoms with Gasteiger partial charge in [0.15, 0.2) is 0 Å². The van der Waals surface area contributed by atoms with Crippen molar-refractivity contribution >= 4 is 17.3 Å². The van der Waals surface area contributed by atoms with Crippen molar-refractivity contribution in [3.8, 4) is 12.3 Å². The van der Waals surface area contributed by atoms with Crippen LogP contribution in [0.4, 0.5) is 24.5 Å². The molecule has 1 fully saturated rings. The lowest BCUT2D eigenvalue weighted by Crippen LogP contribution is -2.27. The summed E-state index contributed by atoms with van der Waals surface area (Å²) < 4.78 is 37.8. The SMILES string of the molecule is C#CCNc1ccc(NC(=O)C2(C)CC2C(F)(F)F)cc1. The molecular formula is C15H15F3N2O. The Balaban J connectivity index is 1.97. The number of nitrogens with one attached hydrogen (secondary N) is 2. The van der Waals surface area contributed by atoms with Crippen molar-refractivity contribution in [3.05, 3.63) is 24.3 Å². The molecule has 2 unspecified atom stereocenters. The first kappa shape index (κ1) is 15.2. The molecular weight excluding hydrogens is 281 g/mol. The first-order valence-electron chi connectivity index (χ1n) is 6.43. The number of carbonyl (C=O) groups is 1. The number of hydrogen-bond donors (Lipinski definition) is 2. The van der Waals surface area contributed by atoms with Crippen LogP contribution in [-0.2, 0) is 4.79 Å². The maximum atomic E-state index is 12.6. The Morgan fingerprint density at radius 1 is 1.38 bits per heavy atom. The van der Waals surface area contributed by atoms with Crippen LogP contribution in [0, 0.1) is 23.7 Å². The summed E-state index contributed by atoms with van der Waals surface area (Å²) in [6, 6.07) is 6.63. The van der Waals surface area contributed by atoms with E-state index in [-0.39, 0.29) is 6.42 Å². The molecule has 1 saturated carbocycles. The van der Waals surface area contributed by atoms with E-state index in [2.05, 4.69) is 16.6 Å². The molecule has 3 nitrogen and oxygen atoms in total. The summed E-state index contributed by atoms with van der Waals surface area (Å²) in [6.45, 7) is 1.71. The largest absolute Gasteiger partial charge is 0.392 e. The maximum Gasteiger partial charge on any atom is 0.392 e. The zero-order valence-electron chi connectivity index (χ0n) is 11.4. The van der Waals surface area contributed by atoms with Gasteiger partial charge < -0.3 is 10.6 Å². The van der Waals surface area contributed by atoms with Crippen LogP contribution in [-0.4, -0.2) is 18.6 Å². The highest BCUT2D eigenvalue weighted by Gasteiger charge is 2.67. The van der Waals surface area contributed by atoms with Crippen molar-refractivity contribution in [1.82, 2.24) is 0 Å². The van der Waals surface area contributed by atoms with Gasteiger partial charge in [0, 0.05) is 11.4 Å². The van der Waals surface area contributed by atoms with Crippen LogP contribution in [0.2, 0.25) is 0 Å². The van der Waals surface area contributed by atoms with E-state index in [1.165, 1.54) is 6.92 Å². The van der Waals surface area contributed by atoms with Crippen LogP contribution >= 0.6 is 0 Å². The molecule has 1 aliphatic carbocycles. The third-order valence-corrected chi connectivity index (χ3v) is 3.69. The zero-order chi connectivity index (χ0) is 15.7. The third-order valence-electron chi connectivity index (χ3n) is 3.69. The molecule has 21 heavy (non-hydrogen) atoms. The fraction of sp³-hybridized carbons (Fsp3) is 0.400. The average Bonchev–Trinajstić information content (AvgIpc) is 3.12. The van der Waals surface area contributed by atoms with E-state index < -0.39 is 23.4 Å². The highest BCUT2D eigenvalue weighted by Crippen LogP contribution is 2.60. The van der Waals surface area contributed by atoms with Crippen molar-refractivity contribution in [1.29, 1.82) is 0 Å². The molecule has 2 atom stereocenters. The number of hydrogen-bond acceptors (Lipinski definition) is 2. The molecule has 0 radical (unpaired) electrons. The predicted octanol–water partition coefficient (Wildman–Crippen LogP) is 3.26. The molecule has 1 aliphatic rings. The van der Waals surface area contributed by atoms with Crippen LogP contribution in [0.3, 0.4) is 0 Å². The minimum atomic E-state index is -4.32. The van der Waals surface area contributed by atoms with Crippen LogP contribution < -0.4 is 10.6 Å². The lowest BCUT2D eigenvalue weighted by Gasteiger charge is -2.14. The summed E-state index contributed by atoms with van der Waals surface area (Å²) in [7, 11) is 0. The van der Waals surface area contributed by atoms with E-state index in [1.807, 2.05) is 0 Å². The molecule has 0 aromatic heterocycles. The van der Waals surface area contributed by atoms with Crippen LogP contribution in [0.5, 0.6) is 0 Å². The van der Waals surface area contributed by atoms with E-state index >= 15 is 0 Å². The van der Waals surface area contributed by atoms with Gasteiger partial charge in [-0.1, -0.05) is 12.8 Å². The lowest BCUT2D eigenvalue weighted by molar-refractivity contribution is -0.159. The van der Waals surface area contributed by atoms with Gasteiger partial charge in [0.1, 0.15) is 0 Å². The quantitative estimate of drug-likeness (QED) is 0.837. The summed E-state index contributed by atoms with van der Waals surface area (Å²) in [6.07, 6.45) is 0.627. The number of terminal acetylenes is 1. The van der Waals surface area contributed by atoms with Gasteiger partial charge in [-0.3, -0.25) is 4.79 Å². The molecule has 0 aliphatic heterocycles. The molecule has 2 rings (SSSR count). The van der Waals surface area contributed by atoms with E-state index in [0.29, 0.717) is 12.2 Å². The van der Waals surface area contributed by atoms with Crippen molar-refractivity contribution in [2.75, 3.05) is 17.2 Å². The third kappa shape index (κ3) is 3.30. The minimum Gasteiger partial charge on any atom is -0.374 e. The monoisotopic (exact) mass is 296 g/mol. The van der Waals surface area contributed by atoms with Crippen LogP contribution in [0.15, 0.2) is 24.3 Å². The second kappa shape index (κ2) is 5.32. The number of amides is 1. The van der Waals surface area contributed by atoms with E-state index in [0.717, 1.165) is 5.69 Å². The van der Waals surface area contributed by atoms with E-state index in [1.54, 1.807) is 24.3 Å². The Labute approximate surface area is 120 Å². The van der Waals surface area contributed by atoms with E-state index in [9.17, 15) is 18.0 Å². The van der Waals surface area contributed by atoms with Crippen molar-refractivity contribution in [3.63, 3.8) is 0 Å². The number of carbonyl (C=O) groups excluding carboxylic acids is 1. The summed E-state index contributed by atoms with van der Waals surface area (Å²) in [5, 5.41) is 5.47. The number of alkyl halides is 3. The maximum absolute atomic E-state index is 12.6. The lowest BCUT2D eigenvalue weighted by atomic mass is 10.1. The van der Waals surface area contributed by atoms with Gasteiger partial charge in [-0.2, -0.15) is 13.2 Å². The summed E-state index contributed by atoms with van der Waals surface area (Å²) in [4.78, 5) is 12.0. The van der Waals surface area contributed by atoms with Gasteiger partial charge >= 0.3 is 6.18 Å². The van der Waals surface area contributed by atoms with Crippen LogP contribution in [0.25, 0.3) is 0 Å². The number of halogens is 3. The molecule has 1 amide bonds. The highest BCUT2D eigenvalue weighted by molar-refractivity contribution is 5.97. The molecule has 2 N–H and O–H groups in total. The average molecular weight is 296 g/mol. The molecule has 0 spiro atoms. The highest BCUT2D eigenvalue weighted by atomic mass is 19.4. The van der Waals surface area contributed by atoms with Gasteiger partial charge in [-0.05, 0) is 30.7 Å². The molecule has 0 heterocycles. The summed E-state index contributed by atoms with van der Waals surface area (Å²) in [5.41, 5.74) is -0.129. The standard InChI is InChI=1S/C15H15F3N2O/c1-3-8-19-10-4-6-11(7-5-10)20-13(21)14(2)9-12(14)15(16,17)18/h1,4-7,12,19H,8-9H2,2H3,(H,20,21). The number of anilines is 2. The van der Waals surface area contributed by atoms with Crippen molar-refractivity contribution < 1.29 is 18.0 Å². The van der Waals surface area contributed by atoms with Gasteiger partial charge in [-0.25, -0.2) is 0 Å². The predicted molar refractivity (Wildman–Crippen MR) is 74.7 cm³/mol. The van der Waals surface area contributed by atoms with Gasteiger partial charge in [0.2, 0.25) is 5.91 Å². The first-order valence-corrected chi connectivity index (χ1v) is 6.43. The topological polar surface area (TPSA) is 41.1 Å². The molecule has 6 heteroatoms. The second-order valence-corrected chi connectivity index (χ2v) is 5.30. The molecule has 112 valence electrons.